The minimum absolute atomic E-state index is 0.145. The lowest BCUT2D eigenvalue weighted by Crippen LogP contribution is -2.25. The predicted molar refractivity (Wildman–Crippen MR) is 114 cm³/mol. The quantitative estimate of drug-likeness (QED) is 0.488. The molecule has 0 bridgehead atoms. The van der Waals surface area contributed by atoms with E-state index in [1.807, 2.05) is 0 Å². The molecule has 3 aromatic rings. The Labute approximate surface area is 163 Å². The summed E-state index contributed by atoms with van der Waals surface area (Å²) in [6.07, 6.45) is 6.12. The van der Waals surface area contributed by atoms with E-state index in [4.69, 9.17) is 0 Å². The molecule has 0 amide bonds. The molecule has 0 aliphatic heterocycles. The van der Waals surface area contributed by atoms with E-state index in [1.54, 1.807) is 11.1 Å². The zero-order chi connectivity index (χ0) is 18.4. The summed E-state index contributed by atoms with van der Waals surface area (Å²) in [4.78, 5) is 0. The molecule has 0 radical (unpaired) electrons. The van der Waals surface area contributed by atoms with Gasteiger partial charge >= 0.3 is 0 Å². The smallest absolute Gasteiger partial charge is 0.0295 e. The second-order valence-electron chi connectivity index (χ2n) is 8.92. The molecule has 0 fully saturated rings. The van der Waals surface area contributed by atoms with E-state index in [9.17, 15) is 0 Å². The molecule has 0 heteroatoms. The molecule has 0 N–H and O–H groups in total. The molecule has 0 unspecified atom stereocenters. The van der Waals surface area contributed by atoms with Crippen LogP contribution in [-0.4, -0.2) is 0 Å². The second-order valence-corrected chi connectivity index (χ2v) is 8.92. The summed E-state index contributed by atoms with van der Waals surface area (Å²) in [6.45, 7) is 4.64. The fourth-order valence-corrected chi connectivity index (χ4v) is 5.40. The first kappa shape index (κ1) is 16.8. The Bertz CT molecular complexity index is 947. The van der Waals surface area contributed by atoms with Crippen molar-refractivity contribution >= 4 is 0 Å². The first-order valence-corrected chi connectivity index (χ1v) is 10.5. The van der Waals surface area contributed by atoms with Crippen LogP contribution in [0.2, 0.25) is 0 Å². The van der Waals surface area contributed by atoms with Gasteiger partial charge in [-0.25, -0.2) is 0 Å². The normalized spacial score (nSPS) is 15.8. The zero-order valence-electron chi connectivity index (χ0n) is 16.5. The number of hydrogen-bond acceptors (Lipinski definition) is 0. The van der Waals surface area contributed by atoms with Crippen molar-refractivity contribution < 1.29 is 0 Å². The summed E-state index contributed by atoms with van der Waals surface area (Å²) >= 11 is 0. The number of rotatable bonds is 4. The van der Waals surface area contributed by atoms with Crippen molar-refractivity contribution in [2.75, 3.05) is 0 Å². The highest BCUT2D eigenvalue weighted by Crippen LogP contribution is 2.55. The molecular weight excluding hydrogens is 324 g/mol. The van der Waals surface area contributed by atoms with Gasteiger partial charge in [0.05, 0.1) is 0 Å². The van der Waals surface area contributed by atoms with Crippen molar-refractivity contribution in [3.05, 3.63) is 94.5 Å². The van der Waals surface area contributed by atoms with E-state index in [-0.39, 0.29) is 5.41 Å². The van der Waals surface area contributed by atoms with Crippen LogP contribution in [0.1, 0.15) is 54.5 Å². The van der Waals surface area contributed by atoms with Crippen LogP contribution in [0.3, 0.4) is 0 Å². The zero-order valence-corrected chi connectivity index (χ0v) is 16.5. The van der Waals surface area contributed by atoms with Gasteiger partial charge < -0.3 is 0 Å². The maximum atomic E-state index is 2.51. The van der Waals surface area contributed by atoms with Gasteiger partial charge in [0.1, 0.15) is 0 Å². The maximum Gasteiger partial charge on any atom is 0.0295 e. The van der Waals surface area contributed by atoms with Crippen molar-refractivity contribution in [1.82, 2.24) is 0 Å². The Kier molecular flexibility index (Phi) is 3.97. The van der Waals surface area contributed by atoms with Gasteiger partial charge in [0.25, 0.3) is 0 Å². The van der Waals surface area contributed by atoms with Crippen molar-refractivity contribution in [2.45, 2.75) is 51.4 Å². The molecule has 5 rings (SSSR count). The average Bonchev–Trinajstić information content (AvgIpc) is 3.19. The Morgan fingerprint density at radius 3 is 2.07 bits per heavy atom. The van der Waals surface area contributed by atoms with Crippen LogP contribution in [0, 0.1) is 5.92 Å². The van der Waals surface area contributed by atoms with E-state index < -0.39 is 0 Å². The van der Waals surface area contributed by atoms with E-state index in [1.165, 1.54) is 47.1 Å². The van der Waals surface area contributed by atoms with Gasteiger partial charge in [-0.05, 0) is 70.5 Å². The molecule has 0 aromatic heterocycles. The highest BCUT2D eigenvalue weighted by molar-refractivity contribution is 5.82. The van der Waals surface area contributed by atoms with Crippen molar-refractivity contribution in [1.29, 1.82) is 0 Å². The van der Waals surface area contributed by atoms with Gasteiger partial charge in [-0.15, -0.1) is 0 Å². The summed E-state index contributed by atoms with van der Waals surface area (Å²) in [6, 6.07) is 25.5. The first-order valence-electron chi connectivity index (χ1n) is 10.5. The third-order valence-corrected chi connectivity index (χ3v) is 6.68. The standard InChI is InChI=1S/C27H28/c1-19(2)8-7-9-20-14-15-21-17-27(18-22(21)16-20)25-12-5-3-10-23(25)24-11-4-6-13-26(24)27/h3-6,10-16,19H,7-9,17-18H2,1-2H3. The summed E-state index contributed by atoms with van der Waals surface area (Å²) in [7, 11) is 0. The van der Waals surface area contributed by atoms with E-state index >= 15 is 0 Å². The Morgan fingerprint density at radius 2 is 1.41 bits per heavy atom. The Balaban J connectivity index is 1.52. The van der Waals surface area contributed by atoms with Crippen LogP contribution in [-0.2, 0) is 24.7 Å². The second kappa shape index (κ2) is 6.37. The third kappa shape index (κ3) is 2.65. The lowest BCUT2D eigenvalue weighted by Gasteiger charge is -2.26. The molecule has 0 saturated carbocycles. The van der Waals surface area contributed by atoms with Gasteiger partial charge in [0, 0.05) is 5.41 Å². The first-order chi connectivity index (χ1) is 13.2. The SMILES string of the molecule is CC(C)CCCc1ccc2c(c1)CC1(C2)c2ccccc2-c2ccccc21. The largest absolute Gasteiger partial charge is 0.0628 e. The molecule has 27 heavy (non-hydrogen) atoms. The molecule has 136 valence electrons. The molecule has 0 atom stereocenters. The van der Waals surface area contributed by atoms with Crippen LogP contribution < -0.4 is 0 Å². The minimum Gasteiger partial charge on any atom is -0.0628 e. The monoisotopic (exact) mass is 352 g/mol. The molecule has 2 aliphatic rings. The van der Waals surface area contributed by atoms with Crippen LogP contribution in [0.4, 0.5) is 0 Å². The van der Waals surface area contributed by atoms with Crippen LogP contribution in [0.15, 0.2) is 66.7 Å². The van der Waals surface area contributed by atoms with Crippen LogP contribution in [0.5, 0.6) is 0 Å². The fourth-order valence-electron chi connectivity index (χ4n) is 5.40. The van der Waals surface area contributed by atoms with E-state index in [2.05, 4.69) is 80.6 Å². The Morgan fingerprint density at radius 1 is 0.778 bits per heavy atom. The number of aryl methyl sites for hydroxylation is 1. The number of benzene rings is 3. The molecule has 3 aromatic carbocycles. The highest BCUT2D eigenvalue weighted by Gasteiger charge is 2.46. The predicted octanol–water partition coefficient (Wildman–Crippen LogP) is 6.73. The summed E-state index contributed by atoms with van der Waals surface area (Å²) in [5.41, 5.74) is 10.7. The molecule has 1 spiro atoms. The van der Waals surface area contributed by atoms with Crippen LogP contribution in [0.25, 0.3) is 11.1 Å². The van der Waals surface area contributed by atoms with Crippen molar-refractivity contribution in [3.8, 4) is 11.1 Å². The summed E-state index contributed by atoms with van der Waals surface area (Å²) in [5.74, 6) is 0.800. The molecular formula is C27H28. The van der Waals surface area contributed by atoms with E-state index in [0.29, 0.717) is 0 Å². The highest BCUT2D eigenvalue weighted by atomic mass is 14.5. The summed E-state index contributed by atoms with van der Waals surface area (Å²) < 4.78 is 0. The molecule has 0 nitrogen and oxygen atoms in total. The maximum absolute atomic E-state index is 2.51. The molecule has 0 saturated heterocycles. The third-order valence-electron chi connectivity index (χ3n) is 6.68. The molecule has 2 aliphatic carbocycles. The van der Waals surface area contributed by atoms with Gasteiger partial charge in [0.2, 0.25) is 0 Å². The lowest BCUT2D eigenvalue weighted by atomic mass is 9.76. The van der Waals surface area contributed by atoms with E-state index in [0.717, 1.165) is 18.8 Å². The summed E-state index contributed by atoms with van der Waals surface area (Å²) in [5, 5.41) is 0. The number of hydrogen-bond donors (Lipinski definition) is 0. The van der Waals surface area contributed by atoms with Crippen molar-refractivity contribution in [3.63, 3.8) is 0 Å². The van der Waals surface area contributed by atoms with Gasteiger partial charge in [0.15, 0.2) is 0 Å². The topological polar surface area (TPSA) is 0 Å². The van der Waals surface area contributed by atoms with Crippen molar-refractivity contribution in [2.24, 2.45) is 5.92 Å². The van der Waals surface area contributed by atoms with Gasteiger partial charge in [-0.1, -0.05) is 87.0 Å². The molecule has 0 heterocycles. The van der Waals surface area contributed by atoms with Gasteiger partial charge in [-0.2, -0.15) is 0 Å². The Hall–Kier alpha value is -2.34. The lowest BCUT2D eigenvalue weighted by molar-refractivity contribution is 0.555. The minimum atomic E-state index is 0.145. The number of fused-ring (bicyclic) bond motifs is 6. The average molecular weight is 353 g/mol. The van der Waals surface area contributed by atoms with Gasteiger partial charge in [-0.3, -0.25) is 0 Å². The fraction of sp³-hybridized carbons (Fsp3) is 0.333. The van der Waals surface area contributed by atoms with Crippen LogP contribution >= 0.6 is 0 Å².